The molecule has 1 N–H and O–H groups in total. The monoisotopic (exact) mass is 288 g/mol. The Morgan fingerprint density at radius 3 is 2.90 bits per heavy atom. The predicted molar refractivity (Wildman–Crippen MR) is 77.3 cm³/mol. The second kappa shape index (κ2) is 4.97. The zero-order valence-electron chi connectivity index (χ0n) is 11.0. The van der Waals surface area contributed by atoms with E-state index >= 15 is 0 Å². The number of benzene rings is 1. The van der Waals surface area contributed by atoms with E-state index < -0.39 is 5.97 Å². The van der Waals surface area contributed by atoms with E-state index in [0.29, 0.717) is 16.9 Å². The van der Waals surface area contributed by atoms with Crippen LogP contribution in [0.1, 0.15) is 10.4 Å². The maximum atomic E-state index is 11.7. The Hall–Kier alpha value is -2.34. The number of aromatic amines is 1. The molecule has 5 nitrogen and oxygen atoms in total. The molecule has 0 aliphatic heterocycles. The molecule has 0 saturated carbocycles. The van der Waals surface area contributed by atoms with E-state index in [2.05, 4.69) is 9.97 Å². The molecule has 0 atom stereocenters. The number of H-pyrrole nitrogens is 1. The number of carbonyl (C=O) groups excluding carboxylic acids is 1. The molecule has 0 aliphatic rings. The highest BCUT2D eigenvalue weighted by Gasteiger charge is 2.17. The summed E-state index contributed by atoms with van der Waals surface area (Å²) >= 11 is 1.53. The smallest absolute Gasteiger partial charge is 0.340 e. The quantitative estimate of drug-likeness (QED) is 0.752. The van der Waals surface area contributed by atoms with Crippen LogP contribution in [0.2, 0.25) is 0 Å². The lowest BCUT2D eigenvalue weighted by Gasteiger charge is -1.98. The summed E-state index contributed by atoms with van der Waals surface area (Å²) in [7, 11) is 2.98. The Balaban J connectivity index is 2.18. The van der Waals surface area contributed by atoms with Crippen LogP contribution in [0.4, 0.5) is 0 Å². The molecule has 0 spiro atoms. The van der Waals surface area contributed by atoms with Gasteiger partial charge in [0.1, 0.15) is 16.1 Å². The standard InChI is InChI=1S/C14H12N2O3S/c1-18-10-6-7-20-12(10)13-15-9-5-3-4-8(11(9)16-13)14(17)19-2/h3-7H,1-2H3,(H,15,16). The van der Waals surface area contributed by atoms with Gasteiger partial charge < -0.3 is 14.5 Å². The number of aromatic nitrogens is 2. The van der Waals surface area contributed by atoms with E-state index in [-0.39, 0.29) is 0 Å². The summed E-state index contributed by atoms with van der Waals surface area (Å²) in [5.74, 6) is 1.05. The number of fused-ring (bicyclic) bond motifs is 1. The second-order valence-electron chi connectivity index (χ2n) is 4.10. The van der Waals surface area contributed by atoms with Gasteiger partial charge in [0.05, 0.1) is 25.3 Å². The first-order valence-corrected chi connectivity index (χ1v) is 6.81. The van der Waals surface area contributed by atoms with Gasteiger partial charge in [0.15, 0.2) is 5.82 Å². The van der Waals surface area contributed by atoms with Gasteiger partial charge in [0.25, 0.3) is 0 Å². The van der Waals surface area contributed by atoms with Crippen LogP contribution in [0, 0.1) is 0 Å². The van der Waals surface area contributed by atoms with Gasteiger partial charge >= 0.3 is 5.97 Å². The van der Waals surface area contributed by atoms with Crippen molar-refractivity contribution in [3.8, 4) is 16.5 Å². The topological polar surface area (TPSA) is 64.2 Å². The summed E-state index contributed by atoms with van der Waals surface area (Å²) in [5, 5.41) is 1.93. The molecular formula is C14H12N2O3S. The van der Waals surface area contributed by atoms with Gasteiger partial charge in [-0.1, -0.05) is 6.07 Å². The van der Waals surface area contributed by atoms with Crippen LogP contribution in [0.3, 0.4) is 0 Å². The fourth-order valence-corrected chi connectivity index (χ4v) is 2.85. The van der Waals surface area contributed by atoms with E-state index in [1.165, 1.54) is 18.4 Å². The third-order valence-corrected chi connectivity index (χ3v) is 3.88. The summed E-state index contributed by atoms with van der Waals surface area (Å²) in [6.07, 6.45) is 0. The normalized spacial score (nSPS) is 10.7. The number of carbonyl (C=O) groups is 1. The maximum Gasteiger partial charge on any atom is 0.340 e. The van der Waals surface area contributed by atoms with E-state index in [4.69, 9.17) is 9.47 Å². The van der Waals surface area contributed by atoms with Crippen molar-refractivity contribution in [3.05, 3.63) is 35.2 Å². The molecule has 0 aliphatic carbocycles. The Morgan fingerprint density at radius 1 is 1.30 bits per heavy atom. The number of nitrogens with zero attached hydrogens (tertiary/aromatic N) is 1. The highest BCUT2D eigenvalue weighted by molar-refractivity contribution is 7.13. The molecule has 0 amide bonds. The number of methoxy groups -OCH3 is 2. The second-order valence-corrected chi connectivity index (χ2v) is 5.01. The minimum absolute atomic E-state index is 0.396. The van der Waals surface area contributed by atoms with Gasteiger partial charge in [-0.15, -0.1) is 11.3 Å². The lowest BCUT2D eigenvalue weighted by atomic mass is 10.2. The highest BCUT2D eigenvalue weighted by atomic mass is 32.1. The number of thiophene rings is 1. The zero-order valence-corrected chi connectivity index (χ0v) is 11.8. The van der Waals surface area contributed by atoms with Gasteiger partial charge in [-0.25, -0.2) is 9.78 Å². The first kappa shape index (κ1) is 12.7. The van der Waals surface area contributed by atoms with Gasteiger partial charge in [-0.3, -0.25) is 0 Å². The number of rotatable bonds is 3. The molecule has 2 heterocycles. The number of hydrogen-bond donors (Lipinski definition) is 1. The fraction of sp³-hybridized carbons (Fsp3) is 0.143. The fourth-order valence-electron chi connectivity index (χ4n) is 2.05. The summed E-state index contributed by atoms with van der Waals surface area (Å²) in [6, 6.07) is 7.25. The van der Waals surface area contributed by atoms with Crippen LogP contribution in [0.15, 0.2) is 29.6 Å². The van der Waals surface area contributed by atoms with Crippen LogP contribution in [0.5, 0.6) is 5.75 Å². The Bertz CT molecular complexity index is 776. The maximum absolute atomic E-state index is 11.7. The average Bonchev–Trinajstić information content (AvgIpc) is 3.10. The lowest BCUT2D eigenvalue weighted by Crippen LogP contribution is -2.01. The first-order valence-electron chi connectivity index (χ1n) is 5.93. The van der Waals surface area contributed by atoms with Gasteiger partial charge in [-0.05, 0) is 23.6 Å². The van der Waals surface area contributed by atoms with Crippen LogP contribution in [-0.2, 0) is 4.74 Å². The highest BCUT2D eigenvalue weighted by Crippen LogP contribution is 2.34. The molecule has 0 bridgehead atoms. The number of hydrogen-bond acceptors (Lipinski definition) is 5. The van der Waals surface area contributed by atoms with Crippen LogP contribution in [0.25, 0.3) is 21.7 Å². The van der Waals surface area contributed by atoms with E-state index in [1.807, 2.05) is 17.5 Å². The first-order chi connectivity index (χ1) is 9.74. The summed E-state index contributed by atoms with van der Waals surface area (Å²) < 4.78 is 10.1. The van der Waals surface area contributed by atoms with Crippen molar-refractivity contribution >= 4 is 28.3 Å². The molecule has 102 valence electrons. The van der Waals surface area contributed by atoms with Crippen LogP contribution < -0.4 is 4.74 Å². The third-order valence-electron chi connectivity index (χ3n) is 2.98. The van der Waals surface area contributed by atoms with Gasteiger partial charge in [-0.2, -0.15) is 0 Å². The Labute approximate surface area is 119 Å². The molecule has 6 heteroatoms. The predicted octanol–water partition coefficient (Wildman–Crippen LogP) is 3.09. The SMILES string of the molecule is COC(=O)c1cccc2[nH]c(-c3sccc3OC)nc12. The molecule has 2 aromatic heterocycles. The number of nitrogens with one attached hydrogen (secondary N) is 1. The van der Waals surface area contributed by atoms with E-state index in [1.54, 1.807) is 19.2 Å². The van der Waals surface area contributed by atoms with Crippen LogP contribution in [-0.4, -0.2) is 30.2 Å². The number of para-hydroxylation sites is 1. The number of imidazole rings is 1. The molecule has 0 fully saturated rings. The lowest BCUT2D eigenvalue weighted by molar-refractivity contribution is 0.0603. The van der Waals surface area contributed by atoms with E-state index in [9.17, 15) is 4.79 Å². The molecule has 1 aromatic carbocycles. The van der Waals surface area contributed by atoms with Crippen molar-refractivity contribution in [2.24, 2.45) is 0 Å². The largest absolute Gasteiger partial charge is 0.495 e. The molecule has 0 radical (unpaired) electrons. The summed E-state index contributed by atoms with van der Waals surface area (Å²) in [6.45, 7) is 0. The van der Waals surface area contributed by atoms with E-state index in [0.717, 1.165) is 16.1 Å². The summed E-state index contributed by atoms with van der Waals surface area (Å²) in [5.41, 5.74) is 1.84. The molecule has 0 unspecified atom stereocenters. The van der Waals surface area contributed by atoms with Crippen molar-refractivity contribution in [1.82, 2.24) is 9.97 Å². The van der Waals surface area contributed by atoms with Crippen LogP contribution >= 0.6 is 11.3 Å². The molecule has 3 rings (SSSR count). The number of ether oxygens (including phenoxy) is 2. The van der Waals surface area contributed by atoms with Crippen molar-refractivity contribution in [3.63, 3.8) is 0 Å². The van der Waals surface area contributed by atoms with Gasteiger partial charge in [0.2, 0.25) is 0 Å². The molecule has 0 saturated heterocycles. The minimum Gasteiger partial charge on any atom is -0.495 e. The number of esters is 1. The summed E-state index contributed by atoms with van der Waals surface area (Å²) in [4.78, 5) is 20.4. The third kappa shape index (κ3) is 1.94. The molecular weight excluding hydrogens is 276 g/mol. The van der Waals surface area contributed by atoms with Gasteiger partial charge in [0, 0.05) is 0 Å². The molecule has 3 aromatic rings. The van der Waals surface area contributed by atoms with Crippen molar-refractivity contribution in [1.29, 1.82) is 0 Å². The van der Waals surface area contributed by atoms with Crippen molar-refractivity contribution < 1.29 is 14.3 Å². The molecule has 20 heavy (non-hydrogen) atoms. The Morgan fingerprint density at radius 2 is 2.15 bits per heavy atom. The Kier molecular flexibility index (Phi) is 3.15. The van der Waals surface area contributed by atoms with Crippen molar-refractivity contribution in [2.75, 3.05) is 14.2 Å². The minimum atomic E-state index is -0.396. The van der Waals surface area contributed by atoms with Crippen molar-refractivity contribution in [2.45, 2.75) is 0 Å². The zero-order chi connectivity index (χ0) is 14.1. The average molecular weight is 288 g/mol.